The molecule has 1 amide bonds. The zero-order valence-corrected chi connectivity index (χ0v) is 7.05. The number of rotatable bonds is 4. The third kappa shape index (κ3) is 2.86. The lowest BCUT2D eigenvalue weighted by Gasteiger charge is -2.14. The first-order valence-corrected chi connectivity index (χ1v) is 3.61. The number of nitrogens with zero attached hydrogens (tertiary/aromatic N) is 3. The number of alkyl halides is 4. The van der Waals surface area contributed by atoms with Gasteiger partial charge >= 0.3 is 12.3 Å². The van der Waals surface area contributed by atoms with E-state index < -0.39 is 30.6 Å². The molecule has 84 valence electrons. The maximum Gasteiger partial charge on any atom is 0.324 e. The van der Waals surface area contributed by atoms with Crippen LogP contribution in [-0.4, -0.2) is 45.4 Å². The zero-order valence-electron chi connectivity index (χ0n) is 7.05. The number of H-pyrrole nitrogens is 1. The molecule has 2 N–H and O–H groups in total. The lowest BCUT2D eigenvalue weighted by atomic mass is 10.3. The smallest absolute Gasteiger partial charge is 0.324 e. The summed E-state index contributed by atoms with van der Waals surface area (Å²) in [5.41, 5.74) is 0. The van der Waals surface area contributed by atoms with Crippen molar-refractivity contribution < 1.29 is 22.4 Å². The Balaban J connectivity index is 2.48. The molecule has 0 aliphatic heterocycles. The number of nitrogens with one attached hydrogen (secondary N) is 2. The minimum absolute atomic E-state index is 0.500. The number of hydrogen-bond donors (Lipinski definition) is 2. The Hall–Kier alpha value is -1.74. The molecule has 0 bridgehead atoms. The molecule has 0 aliphatic rings. The molecule has 0 aliphatic carbocycles. The normalized spacial score (nSPS) is 11.8. The summed E-state index contributed by atoms with van der Waals surface area (Å²) in [5, 5.41) is 12.8. The van der Waals surface area contributed by atoms with Gasteiger partial charge in [0.1, 0.15) is 0 Å². The molecule has 1 rings (SSSR count). The molecule has 0 atom stereocenters. The predicted molar refractivity (Wildman–Crippen MR) is 37.5 cm³/mol. The van der Waals surface area contributed by atoms with E-state index in [1.54, 1.807) is 5.32 Å². The van der Waals surface area contributed by atoms with Crippen molar-refractivity contribution in [3.05, 3.63) is 5.82 Å². The molecular formula is C5H5F4N5O. The fourth-order valence-corrected chi connectivity index (χ4v) is 0.612. The van der Waals surface area contributed by atoms with Gasteiger partial charge in [-0.25, -0.2) is 8.78 Å². The van der Waals surface area contributed by atoms with Gasteiger partial charge in [-0.2, -0.15) is 14.0 Å². The molecule has 0 radical (unpaired) electrons. The number of hydrogen-bond acceptors (Lipinski definition) is 4. The van der Waals surface area contributed by atoms with Gasteiger partial charge in [-0.15, -0.1) is 10.2 Å². The first kappa shape index (κ1) is 11.3. The van der Waals surface area contributed by atoms with Gasteiger partial charge in [-0.1, -0.05) is 0 Å². The molecule has 0 saturated carbocycles. The van der Waals surface area contributed by atoms with Gasteiger partial charge in [0.25, 0.3) is 11.7 Å². The van der Waals surface area contributed by atoms with Crippen LogP contribution in [0.2, 0.25) is 0 Å². The SMILES string of the molecule is O=C(NCC(F)(F)C(F)F)c1nn[nH]n1. The van der Waals surface area contributed by atoms with Gasteiger partial charge in [0.05, 0.1) is 6.54 Å². The lowest BCUT2D eigenvalue weighted by Crippen LogP contribution is -2.41. The van der Waals surface area contributed by atoms with Crippen LogP contribution in [0.3, 0.4) is 0 Å². The van der Waals surface area contributed by atoms with E-state index in [2.05, 4.69) is 15.4 Å². The molecule has 0 spiro atoms. The van der Waals surface area contributed by atoms with Crippen LogP contribution >= 0.6 is 0 Å². The Morgan fingerprint density at radius 1 is 1.53 bits per heavy atom. The van der Waals surface area contributed by atoms with Crippen LogP contribution in [-0.2, 0) is 0 Å². The Bertz CT molecular complexity index is 326. The van der Waals surface area contributed by atoms with Gasteiger partial charge in [0.2, 0.25) is 0 Å². The molecule has 0 unspecified atom stereocenters. The van der Waals surface area contributed by atoms with Gasteiger partial charge in [0, 0.05) is 0 Å². The Morgan fingerprint density at radius 3 is 2.67 bits per heavy atom. The summed E-state index contributed by atoms with van der Waals surface area (Å²) in [4.78, 5) is 10.9. The van der Waals surface area contributed by atoms with Crippen molar-refractivity contribution in [2.24, 2.45) is 0 Å². The topological polar surface area (TPSA) is 83.6 Å². The van der Waals surface area contributed by atoms with E-state index in [1.807, 2.05) is 5.21 Å². The summed E-state index contributed by atoms with van der Waals surface area (Å²) in [5.74, 6) is -5.89. The molecule has 15 heavy (non-hydrogen) atoms. The van der Waals surface area contributed by atoms with Crippen LogP contribution < -0.4 is 5.32 Å². The second-order valence-corrected chi connectivity index (χ2v) is 2.48. The minimum atomic E-state index is -4.28. The van der Waals surface area contributed by atoms with E-state index in [-0.39, 0.29) is 0 Å². The molecule has 0 saturated heterocycles. The number of tetrazole rings is 1. The maximum atomic E-state index is 12.3. The summed E-state index contributed by atoms with van der Waals surface area (Å²) in [6.07, 6.45) is -3.84. The minimum Gasteiger partial charge on any atom is -0.343 e. The zero-order chi connectivity index (χ0) is 11.5. The summed E-state index contributed by atoms with van der Waals surface area (Å²) >= 11 is 0. The van der Waals surface area contributed by atoms with Gasteiger partial charge in [-0.05, 0) is 5.21 Å². The summed E-state index contributed by atoms with van der Waals surface area (Å²) in [6.45, 7) is -1.49. The fourth-order valence-electron chi connectivity index (χ4n) is 0.612. The second-order valence-electron chi connectivity index (χ2n) is 2.48. The Kier molecular flexibility index (Phi) is 3.17. The largest absolute Gasteiger partial charge is 0.343 e. The third-order valence-electron chi connectivity index (χ3n) is 1.35. The molecular weight excluding hydrogens is 222 g/mol. The second kappa shape index (κ2) is 4.19. The van der Waals surface area contributed by atoms with Gasteiger partial charge in [0.15, 0.2) is 0 Å². The number of amides is 1. The molecule has 6 nitrogen and oxygen atoms in total. The van der Waals surface area contributed by atoms with Gasteiger partial charge < -0.3 is 5.32 Å². The van der Waals surface area contributed by atoms with Crippen molar-refractivity contribution in [2.75, 3.05) is 6.54 Å². The van der Waals surface area contributed by atoms with E-state index >= 15 is 0 Å². The van der Waals surface area contributed by atoms with E-state index in [9.17, 15) is 22.4 Å². The summed E-state index contributed by atoms with van der Waals surface area (Å²) in [7, 11) is 0. The monoisotopic (exact) mass is 227 g/mol. The van der Waals surface area contributed by atoms with Crippen LogP contribution in [0.1, 0.15) is 10.6 Å². The molecule has 1 aromatic heterocycles. The molecule has 0 aromatic carbocycles. The van der Waals surface area contributed by atoms with Crippen molar-refractivity contribution in [1.29, 1.82) is 0 Å². The van der Waals surface area contributed by atoms with Crippen molar-refractivity contribution in [3.8, 4) is 0 Å². The van der Waals surface area contributed by atoms with E-state index in [1.165, 1.54) is 0 Å². The first-order chi connectivity index (χ1) is 6.93. The highest BCUT2D eigenvalue weighted by Gasteiger charge is 2.41. The van der Waals surface area contributed by atoms with Crippen molar-refractivity contribution in [3.63, 3.8) is 0 Å². The van der Waals surface area contributed by atoms with Crippen molar-refractivity contribution in [1.82, 2.24) is 25.9 Å². The number of carbonyl (C=O) groups is 1. The lowest BCUT2D eigenvalue weighted by molar-refractivity contribution is -0.123. The first-order valence-electron chi connectivity index (χ1n) is 3.61. The van der Waals surface area contributed by atoms with Crippen LogP contribution in [0.25, 0.3) is 0 Å². The highest BCUT2D eigenvalue weighted by atomic mass is 19.3. The van der Waals surface area contributed by atoms with Crippen molar-refractivity contribution in [2.45, 2.75) is 12.3 Å². The third-order valence-corrected chi connectivity index (χ3v) is 1.35. The van der Waals surface area contributed by atoms with Crippen molar-refractivity contribution >= 4 is 5.91 Å². The van der Waals surface area contributed by atoms with Gasteiger partial charge in [-0.3, -0.25) is 4.79 Å². The Labute approximate surface area is 80.0 Å². The number of carbonyl (C=O) groups excluding carboxylic acids is 1. The molecule has 1 aromatic rings. The average molecular weight is 227 g/mol. The van der Waals surface area contributed by atoms with Crippen LogP contribution in [0.15, 0.2) is 0 Å². The van der Waals surface area contributed by atoms with Crippen LogP contribution in [0.5, 0.6) is 0 Å². The van der Waals surface area contributed by atoms with E-state index in [0.717, 1.165) is 0 Å². The average Bonchev–Trinajstić information content (AvgIpc) is 2.66. The van der Waals surface area contributed by atoms with E-state index in [0.29, 0.717) is 0 Å². The van der Waals surface area contributed by atoms with E-state index in [4.69, 9.17) is 0 Å². The number of aromatic amines is 1. The van der Waals surface area contributed by atoms with Crippen LogP contribution in [0, 0.1) is 0 Å². The maximum absolute atomic E-state index is 12.3. The predicted octanol–water partition coefficient (Wildman–Crippen LogP) is -0.170. The standard InChI is InChI=1S/C5H5F4N5O/c6-4(7)5(8,9)1-10-3(15)2-11-13-14-12-2/h4H,1H2,(H,10,15)(H,11,12,13,14). The molecule has 10 heteroatoms. The van der Waals surface area contributed by atoms with Crippen LogP contribution in [0.4, 0.5) is 17.6 Å². The summed E-state index contributed by atoms with van der Waals surface area (Å²) in [6, 6.07) is 0. The molecule has 0 fully saturated rings. The number of halogens is 4. The molecule has 1 heterocycles. The number of aromatic nitrogens is 4. The Morgan fingerprint density at radius 2 is 2.20 bits per heavy atom. The highest BCUT2D eigenvalue weighted by Crippen LogP contribution is 2.21. The summed E-state index contributed by atoms with van der Waals surface area (Å²) < 4.78 is 47.9. The quantitative estimate of drug-likeness (QED) is 0.699. The highest BCUT2D eigenvalue weighted by molar-refractivity contribution is 5.90. The fraction of sp³-hybridized carbons (Fsp3) is 0.600.